The number of rotatable bonds is 2. The summed E-state index contributed by atoms with van der Waals surface area (Å²) in [4.78, 5) is 9.19. The Hall–Kier alpha value is -3.20. The Bertz CT molecular complexity index is 1440. The molecule has 0 aliphatic carbocycles. The predicted octanol–water partition coefficient (Wildman–Crippen LogP) is 7.73. The van der Waals surface area contributed by atoms with Gasteiger partial charge < -0.3 is 9.97 Å². The molecule has 0 atom stereocenters. The van der Waals surface area contributed by atoms with Crippen molar-refractivity contribution < 1.29 is 16.5 Å². The Kier molecular flexibility index (Phi) is 7.39. The Morgan fingerprint density at radius 3 is 1.82 bits per heavy atom. The largest absolute Gasteiger partial charge is 3.00 e. The third kappa shape index (κ3) is 5.25. The minimum absolute atomic E-state index is 0. The van der Waals surface area contributed by atoms with E-state index in [4.69, 9.17) is 0 Å². The van der Waals surface area contributed by atoms with E-state index in [-0.39, 0.29) is 16.5 Å². The van der Waals surface area contributed by atoms with Crippen molar-refractivity contribution in [2.45, 2.75) is 0 Å². The van der Waals surface area contributed by atoms with Gasteiger partial charge in [0.1, 0.15) is 0 Å². The van der Waals surface area contributed by atoms with Crippen molar-refractivity contribution in [2.24, 2.45) is 0 Å². The van der Waals surface area contributed by atoms with Gasteiger partial charge in [0.25, 0.3) is 0 Å². The van der Waals surface area contributed by atoms with Crippen LogP contribution in [0.4, 0.5) is 0 Å². The number of pyridine rings is 1. The number of benzene rings is 4. The Balaban J connectivity index is 0.000000162. The third-order valence-corrected chi connectivity index (χ3v) is 5.57. The van der Waals surface area contributed by atoms with Crippen molar-refractivity contribution >= 4 is 37.7 Å². The summed E-state index contributed by atoms with van der Waals surface area (Å²) < 4.78 is 0.934. The van der Waals surface area contributed by atoms with Crippen LogP contribution in [0.5, 0.6) is 0 Å². The van der Waals surface area contributed by atoms with Crippen LogP contribution in [0.3, 0.4) is 0 Å². The standard InChI is InChI=1S/C17H10BrN.C12H8N.Ni/c18-15-9-4-8-14(12-15)17-11-5-10-16(19-17)13-6-2-1-3-7-13;1-3-7-11-9(5-1)10-6-2-4-8-12(10)13-11;/h1-6,8-11H;1-8H;/q-2;-1;+3. The van der Waals surface area contributed by atoms with Crippen LogP contribution >= 0.6 is 15.9 Å². The van der Waals surface area contributed by atoms with Crippen LogP contribution in [0.2, 0.25) is 0 Å². The Labute approximate surface area is 211 Å². The number of nitrogens with zero attached hydrogens (tertiary/aromatic N) is 2. The molecule has 4 heteroatoms. The first-order valence-electron chi connectivity index (χ1n) is 10.3. The summed E-state index contributed by atoms with van der Waals surface area (Å²) in [6, 6.07) is 42.7. The maximum Gasteiger partial charge on any atom is 3.00 e. The molecule has 0 amide bonds. The average molecular weight is 533 g/mol. The van der Waals surface area contributed by atoms with Gasteiger partial charge in [-0.25, -0.2) is 0 Å². The second-order valence-corrected chi connectivity index (χ2v) is 8.10. The van der Waals surface area contributed by atoms with Gasteiger partial charge in [-0.3, -0.25) is 0 Å². The molecule has 0 N–H and O–H groups in total. The zero-order valence-corrected chi connectivity index (χ0v) is 20.1. The molecular formula is C29H18BrN2Ni. The molecule has 0 saturated heterocycles. The van der Waals surface area contributed by atoms with Crippen LogP contribution in [-0.2, 0) is 16.5 Å². The smallest absolute Gasteiger partial charge is 0.657 e. The van der Waals surface area contributed by atoms with Gasteiger partial charge in [-0.1, -0.05) is 87.1 Å². The number of aromatic nitrogens is 2. The fourth-order valence-electron chi connectivity index (χ4n) is 3.61. The molecule has 1 radical (unpaired) electrons. The van der Waals surface area contributed by atoms with Gasteiger partial charge in [0, 0.05) is 0 Å². The number of hydrogen-bond donors (Lipinski definition) is 0. The van der Waals surface area contributed by atoms with E-state index in [0.29, 0.717) is 0 Å². The average Bonchev–Trinajstić information content (AvgIpc) is 3.24. The van der Waals surface area contributed by atoms with Crippen LogP contribution in [-0.4, -0.2) is 4.98 Å². The van der Waals surface area contributed by atoms with Crippen LogP contribution < -0.4 is 4.98 Å². The second-order valence-electron chi connectivity index (χ2n) is 7.24. The first kappa shape index (κ1) is 23.0. The molecule has 2 aromatic heterocycles. The molecule has 0 bridgehead atoms. The summed E-state index contributed by atoms with van der Waals surface area (Å²) in [5, 5.41) is 2.50. The maximum atomic E-state index is 4.67. The van der Waals surface area contributed by atoms with E-state index in [1.807, 2.05) is 72.8 Å². The number of hydrogen-bond acceptors (Lipinski definition) is 1. The Morgan fingerprint density at radius 2 is 1.18 bits per heavy atom. The Morgan fingerprint density at radius 1 is 0.606 bits per heavy atom. The molecule has 0 saturated carbocycles. The van der Waals surface area contributed by atoms with E-state index >= 15 is 0 Å². The zero-order chi connectivity index (χ0) is 21.8. The van der Waals surface area contributed by atoms with Crippen molar-refractivity contribution in [3.05, 3.63) is 126 Å². The second kappa shape index (κ2) is 10.6. The maximum absolute atomic E-state index is 4.67. The number of para-hydroxylation sites is 2. The summed E-state index contributed by atoms with van der Waals surface area (Å²) in [6.07, 6.45) is 0. The van der Waals surface area contributed by atoms with Gasteiger partial charge in [-0.2, -0.15) is 0 Å². The molecular weight excluding hydrogens is 515 g/mol. The summed E-state index contributed by atoms with van der Waals surface area (Å²) in [6.45, 7) is 0. The molecule has 0 aliphatic heterocycles. The van der Waals surface area contributed by atoms with E-state index in [9.17, 15) is 0 Å². The predicted molar refractivity (Wildman–Crippen MR) is 135 cm³/mol. The quantitative estimate of drug-likeness (QED) is 0.168. The van der Waals surface area contributed by atoms with Crippen molar-refractivity contribution in [3.63, 3.8) is 0 Å². The van der Waals surface area contributed by atoms with E-state index in [2.05, 4.69) is 74.4 Å². The van der Waals surface area contributed by atoms with Gasteiger partial charge in [-0.05, 0) is 22.2 Å². The van der Waals surface area contributed by atoms with E-state index in [1.54, 1.807) is 0 Å². The minimum Gasteiger partial charge on any atom is -0.657 e. The molecule has 0 spiro atoms. The molecule has 2 heterocycles. The van der Waals surface area contributed by atoms with E-state index in [1.165, 1.54) is 10.8 Å². The van der Waals surface area contributed by atoms with E-state index in [0.717, 1.165) is 38.0 Å². The first-order chi connectivity index (χ1) is 15.8. The molecule has 0 unspecified atom stereocenters. The monoisotopic (exact) mass is 531 g/mol. The SMILES string of the molecule is Brc1[c-]c(-c2cccc(-c3[c-]cccc3)n2)ccc1.[Ni+3].c1ccc2c(c1)[n-]c1ccccc12. The van der Waals surface area contributed by atoms with E-state index < -0.39 is 0 Å². The van der Waals surface area contributed by atoms with Crippen molar-refractivity contribution in [2.75, 3.05) is 0 Å². The fraction of sp³-hybridized carbons (Fsp3) is 0. The third-order valence-electron chi connectivity index (χ3n) is 5.11. The first-order valence-corrected chi connectivity index (χ1v) is 11.1. The topological polar surface area (TPSA) is 27.0 Å². The van der Waals surface area contributed by atoms with Crippen molar-refractivity contribution in [1.82, 2.24) is 9.97 Å². The summed E-state index contributed by atoms with van der Waals surface area (Å²) in [5.41, 5.74) is 5.99. The van der Waals surface area contributed by atoms with Gasteiger partial charge >= 0.3 is 16.5 Å². The van der Waals surface area contributed by atoms with Crippen molar-refractivity contribution in [3.8, 4) is 22.5 Å². The molecule has 0 fully saturated rings. The van der Waals surface area contributed by atoms with Crippen LogP contribution in [0.1, 0.15) is 0 Å². The van der Waals surface area contributed by atoms with Gasteiger partial charge in [0.15, 0.2) is 0 Å². The normalized spacial score (nSPS) is 10.3. The zero-order valence-electron chi connectivity index (χ0n) is 17.5. The molecule has 161 valence electrons. The summed E-state index contributed by atoms with van der Waals surface area (Å²) in [7, 11) is 0. The number of fused-ring (bicyclic) bond motifs is 3. The number of halogens is 1. The van der Waals surface area contributed by atoms with Gasteiger partial charge in [-0.15, -0.1) is 76.8 Å². The summed E-state index contributed by atoms with van der Waals surface area (Å²) in [5.74, 6) is 0. The molecule has 6 aromatic rings. The van der Waals surface area contributed by atoms with Crippen molar-refractivity contribution in [1.29, 1.82) is 0 Å². The molecule has 0 aliphatic rings. The summed E-state index contributed by atoms with van der Waals surface area (Å²) >= 11 is 3.43. The van der Waals surface area contributed by atoms with Gasteiger partial charge in [0.05, 0.1) is 0 Å². The van der Waals surface area contributed by atoms with Crippen LogP contribution in [0.15, 0.2) is 114 Å². The fourth-order valence-corrected chi connectivity index (χ4v) is 3.97. The van der Waals surface area contributed by atoms with Crippen LogP contribution in [0.25, 0.3) is 44.3 Å². The molecule has 33 heavy (non-hydrogen) atoms. The molecule has 4 aromatic carbocycles. The molecule has 6 rings (SSSR count). The van der Waals surface area contributed by atoms with Crippen LogP contribution in [0, 0.1) is 12.1 Å². The minimum atomic E-state index is 0. The molecule has 2 nitrogen and oxygen atoms in total. The van der Waals surface area contributed by atoms with Gasteiger partial charge in [0.2, 0.25) is 0 Å².